The predicted molar refractivity (Wildman–Crippen MR) is 88.2 cm³/mol. The number of nitrogens with one attached hydrogen (secondary N) is 1. The van der Waals surface area contributed by atoms with Crippen molar-refractivity contribution in [2.24, 2.45) is 0 Å². The van der Waals surface area contributed by atoms with E-state index in [0.29, 0.717) is 0 Å². The Hall–Kier alpha value is -1.66. The van der Waals surface area contributed by atoms with Gasteiger partial charge in [-0.1, -0.05) is 6.92 Å². The molecule has 3 rings (SSSR count). The van der Waals surface area contributed by atoms with Crippen molar-refractivity contribution in [2.45, 2.75) is 13.5 Å². The van der Waals surface area contributed by atoms with Gasteiger partial charge in [-0.15, -0.1) is 11.3 Å². The molecule has 2 aromatic heterocycles. The van der Waals surface area contributed by atoms with E-state index >= 15 is 0 Å². The highest BCUT2D eigenvalue weighted by Gasteiger charge is 2.19. The van der Waals surface area contributed by atoms with Crippen LogP contribution in [-0.4, -0.2) is 42.7 Å². The third-order valence-electron chi connectivity index (χ3n) is 3.69. The van der Waals surface area contributed by atoms with Gasteiger partial charge < -0.3 is 15.1 Å². The SMILES string of the molecule is CCNCc1cc(N2CCN(c3nccs3)CC2)ccn1. The number of nitrogens with zero attached hydrogens (tertiary/aromatic N) is 4. The summed E-state index contributed by atoms with van der Waals surface area (Å²) in [5, 5.41) is 6.50. The maximum Gasteiger partial charge on any atom is 0.185 e. The lowest BCUT2D eigenvalue weighted by atomic mass is 10.2. The van der Waals surface area contributed by atoms with Crippen LogP contribution in [-0.2, 0) is 6.54 Å². The molecular weight excluding hydrogens is 282 g/mol. The third-order valence-corrected chi connectivity index (χ3v) is 4.52. The van der Waals surface area contributed by atoms with E-state index in [2.05, 4.69) is 44.1 Å². The molecule has 5 nitrogen and oxygen atoms in total. The molecular formula is C15H21N5S. The lowest BCUT2D eigenvalue weighted by molar-refractivity contribution is 0.650. The zero-order valence-electron chi connectivity index (χ0n) is 12.3. The largest absolute Gasteiger partial charge is 0.368 e. The van der Waals surface area contributed by atoms with E-state index in [1.807, 2.05) is 17.8 Å². The Morgan fingerprint density at radius 3 is 2.67 bits per heavy atom. The van der Waals surface area contributed by atoms with Gasteiger partial charge in [-0.05, 0) is 18.7 Å². The van der Waals surface area contributed by atoms with Crippen molar-refractivity contribution in [3.63, 3.8) is 0 Å². The van der Waals surface area contributed by atoms with Crippen molar-refractivity contribution in [3.05, 3.63) is 35.6 Å². The molecule has 0 radical (unpaired) electrons. The summed E-state index contributed by atoms with van der Waals surface area (Å²) in [7, 11) is 0. The fourth-order valence-electron chi connectivity index (χ4n) is 2.54. The van der Waals surface area contributed by atoms with Gasteiger partial charge in [0.25, 0.3) is 0 Å². The molecule has 0 bridgehead atoms. The van der Waals surface area contributed by atoms with Crippen molar-refractivity contribution < 1.29 is 0 Å². The van der Waals surface area contributed by atoms with Gasteiger partial charge in [-0.3, -0.25) is 4.98 Å². The number of rotatable bonds is 5. The molecule has 0 spiro atoms. The summed E-state index contributed by atoms with van der Waals surface area (Å²) in [6.45, 7) is 8.04. The maximum atomic E-state index is 4.42. The summed E-state index contributed by atoms with van der Waals surface area (Å²) in [5.74, 6) is 0. The van der Waals surface area contributed by atoms with Crippen LogP contribution in [0.4, 0.5) is 10.8 Å². The molecule has 1 aliphatic rings. The molecule has 21 heavy (non-hydrogen) atoms. The predicted octanol–water partition coefficient (Wildman–Crippen LogP) is 1.97. The highest BCUT2D eigenvalue weighted by Crippen LogP contribution is 2.22. The summed E-state index contributed by atoms with van der Waals surface area (Å²) in [6.07, 6.45) is 3.79. The van der Waals surface area contributed by atoms with E-state index in [0.717, 1.165) is 50.1 Å². The standard InChI is InChI=1S/C15H21N5S/c1-2-16-12-13-11-14(3-4-17-13)19-6-8-20(9-7-19)15-18-5-10-21-15/h3-5,10-11,16H,2,6-9,12H2,1H3. The van der Waals surface area contributed by atoms with E-state index in [1.54, 1.807) is 11.3 Å². The van der Waals surface area contributed by atoms with Gasteiger partial charge in [0.2, 0.25) is 0 Å². The smallest absolute Gasteiger partial charge is 0.185 e. The van der Waals surface area contributed by atoms with Gasteiger partial charge in [-0.2, -0.15) is 0 Å². The minimum absolute atomic E-state index is 0.837. The highest BCUT2D eigenvalue weighted by molar-refractivity contribution is 7.13. The molecule has 6 heteroatoms. The second-order valence-electron chi connectivity index (χ2n) is 5.07. The maximum absolute atomic E-state index is 4.42. The quantitative estimate of drug-likeness (QED) is 0.915. The molecule has 1 N–H and O–H groups in total. The summed E-state index contributed by atoms with van der Waals surface area (Å²) in [4.78, 5) is 13.6. The molecule has 3 heterocycles. The van der Waals surface area contributed by atoms with Crippen molar-refractivity contribution in [3.8, 4) is 0 Å². The van der Waals surface area contributed by atoms with Gasteiger partial charge >= 0.3 is 0 Å². The van der Waals surface area contributed by atoms with Crippen molar-refractivity contribution >= 4 is 22.2 Å². The summed E-state index contributed by atoms with van der Waals surface area (Å²) < 4.78 is 0. The van der Waals surface area contributed by atoms with Crippen LogP contribution in [0, 0.1) is 0 Å². The van der Waals surface area contributed by atoms with E-state index in [4.69, 9.17) is 0 Å². The molecule has 2 aromatic rings. The lowest BCUT2D eigenvalue weighted by Gasteiger charge is -2.36. The molecule has 1 fully saturated rings. The Kier molecular flexibility index (Phi) is 4.67. The van der Waals surface area contributed by atoms with Gasteiger partial charge in [0.05, 0.1) is 5.69 Å². The number of thiazole rings is 1. The zero-order chi connectivity index (χ0) is 14.5. The van der Waals surface area contributed by atoms with Gasteiger partial charge in [0.15, 0.2) is 5.13 Å². The molecule has 1 aliphatic heterocycles. The Bertz CT molecular complexity index is 549. The lowest BCUT2D eigenvalue weighted by Crippen LogP contribution is -2.46. The first-order valence-electron chi connectivity index (χ1n) is 7.42. The number of aromatic nitrogens is 2. The van der Waals surface area contributed by atoms with E-state index in [9.17, 15) is 0 Å². The first kappa shape index (κ1) is 14.3. The highest BCUT2D eigenvalue weighted by atomic mass is 32.1. The molecule has 0 amide bonds. The van der Waals surface area contributed by atoms with Gasteiger partial charge in [0.1, 0.15) is 0 Å². The Morgan fingerprint density at radius 1 is 1.14 bits per heavy atom. The summed E-state index contributed by atoms with van der Waals surface area (Å²) >= 11 is 1.72. The average molecular weight is 303 g/mol. The molecule has 0 saturated carbocycles. The average Bonchev–Trinajstić information content (AvgIpc) is 3.08. The van der Waals surface area contributed by atoms with Crippen LogP contribution in [0.5, 0.6) is 0 Å². The number of piperazine rings is 1. The van der Waals surface area contributed by atoms with Crippen LogP contribution in [0.3, 0.4) is 0 Å². The Balaban J connectivity index is 1.61. The van der Waals surface area contributed by atoms with E-state index in [-0.39, 0.29) is 0 Å². The monoisotopic (exact) mass is 303 g/mol. The molecule has 0 unspecified atom stereocenters. The number of anilines is 2. The van der Waals surface area contributed by atoms with Gasteiger partial charge in [0, 0.05) is 56.2 Å². The first-order chi connectivity index (χ1) is 10.4. The van der Waals surface area contributed by atoms with Crippen LogP contribution in [0.1, 0.15) is 12.6 Å². The van der Waals surface area contributed by atoms with Crippen LogP contribution >= 0.6 is 11.3 Å². The fourth-order valence-corrected chi connectivity index (χ4v) is 3.24. The van der Waals surface area contributed by atoms with Crippen molar-refractivity contribution in [1.82, 2.24) is 15.3 Å². The van der Waals surface area contributed by atoms with Crippen molar-refractivity contribution in [1.29, 1.82) is 0 Å². The fraction of sp³-hybridized carbons (Fsp3) is 0.467. The second kappa shape index (κ2) is 6.87. The Morgan fingerprint density at radius 2 is 1.95 bits per heavy atom. The van der Waals surface area contributed by atoms with Crippen LogP contribution in [0.25, 0.3) is 0 Å². The van der Waals surface area contributed by atoms with E-state index in [1.165, 1.54) is 5.69 Å². The number of hydrogen-bond donors (Lipinski definition) is 1. The van der Waals surface area contributed by atoms with Gasteiger partial charge in [-0.25, -0.2) is 4.98 Å². The minimum atomic E-state index is 0.837. The second-order valence-corrected chi connectivity index (χ2v) is 5.95. The van der Waals surface area contributed by atoms with E-state index < -0.39 is 0 Å². The molecule has 0 aromatic carbocycles. The summed E-state index contributed by atoms with van der Waals surface area (Å²) in [5.41, 5.74) is 2.38. The Labute approximate surface area is 129 Å². The summed E-state index contributed by atoms with van der Waals surface area (Å²) in [6, 6.07) is 4.30. The molecule has 0 atom stereocenters. The number of pyridine rings is 1. The minimum Gasteiger partial charge on any atom is -0.368 e. The number of hydrogen-bond acceptors (Lipinski definition) is 6. The molecule has 112 valence electrons. The van der Waals surface area contributed by atoms with Crippen LogP contribution in [0.2, 0.25) is 0 Å². The van der Waals surface area contributed by atoms with Crippen LogP contribution < -0.4 is 15.1 Å². The van der Waals surface area contributed by atoms with Crippen LogP contribution in [0.15, 0.2) is 29.9 Å². The normalized spacial score (nSPS) is 15.5. The third kappa shape index (κ3) is 3.51. The first-order valence-corrected chi connectivity index (χ1v) is 8.30. The topological polar surface area (TPSA) is 44.3 Å². The zero-order valence-corrected chi connectivity index (χ0v) is 13.1. The van der Waals surface area contributed by atoms with Crippen molar-refractivity contribution in [2.75, 3.05) is 42.5 Å². The molecule has 1 saturated heterocycles. The molecule has 0 aliphatic carbocycles.